The van der Waals surface area contributed by atoms with Gasteiger partial charge in [0.2, 0.25) is 17.7 Å². The fourth-order valence-electron chi connectivity index (χ4n) is 4.55. The van der Waals surface area contributed by atoms with Gasteiger partial charge in [0.15, 0.2) is 9.84 Å². The number of β-lactam (4-membered cyclic amide) rings is 1. The Morgan fingerprint density at radius 1 is 1.25 bits per heavy atom. The molecule has 3 rings (SSSR count). The smallest absolute Gasteiger partial charge is 0.245 e. The minimum absolute atomic E-state index is 0.0769. The van der Waals surface area contributed by atoms with Crippen LogP contribution in [-0.4, -0.2) is 59.3 Å². The minimum Gasteiger partial charge on any atom is -0.352 e. The summed E-state index contributed by atoms with van der Waals surface area (Å²) in [6, 6.07) is -1.75. The second-order valence-electron chi connectivity index (χ2n) is 8.87. The zero-order chi connectivity index (χ0) is 20.9. The molecule has 4 unspecified atom stereocenters. The van der Waals surface area contributed by atoms with Crippen LogP contribution in [0.15, 0.2) is 0 Å². The minimum atomic E-state index is -3.65. The van der Waals surface area contributed by atoms with E-state index in [4.69, 9.17) is 0 Å². The monoisotopic (exact) mass is 413 g/mol. The van der Waals surface area contributed by atoms with Gasteiger partial charge in [-0.15, -0.1) is 0 Å². The first-order valence-corrected chi connectivity index (χ1v) is 11.7. The fourth-order valence-corrected chi connectivity index (χ4v) is 6.68. The second kappa shape index (κ2) is 7.31. The summed E-state index contributed by atoms with van der Waals surface area (Å²) in [5, 5.41) is 4.86. The zero-order valence-corrected chi connectivity index (χ0v) is 17.8. The molecule has 0 aromatic carbocycles. The average Bonchev–Trinajstić information content (AvgIpc) is 3.16. The molecule has 0 aromatic heterocycles. The van der Waals surface area contributed by atoms with Gasteiger partial charge in [-0.1, -0.05) is 33.1 Å². The van der Waals surface area contributed by atoms with Crippen molar-refractivity contribution in [2.45, 2.75) is 94.5 Å². The lowest BCUT2D eigenvalue weighted by Crippen LogP contribution is -2.62. The number of carbonyl (C=O) groups is 3. The van der Waals surface area contributed by atoms with Gasteiger partial charge < -0.3 is 15.5 Å². The van der Waals surface area contributed by atoms with Crippen LogP contribution >= 0.6 is 0 Å². The van der Waals surface area contributed by atoms with Crippen LogP contribution in [0, 0.1) is 5.92 Å². The number of hydrogen-bond acceptors (Lipinski definition) is 5. The molecule has 2 saturated heterocycles. The molecular weight excluding hydrogens is 382 g/mol. The van der Waals surface area contributed by atoms with E-state index in [1.165, 1.54) is 18.7 Å². The van der Waals surface area contributed by atoms with Gasteiger partial charge in [0.1, 0.15) is 17.5 Å². The molecule has 3 fully saturated rings. The number of rotatable bonds is 6. The molecule has 0 spiro atoms. The SMILES string of the molecule is CCC(C)C(NC(=O)C1N2C(=O)CC2S(=O)(=O)C1(C)C)C(=O)NC1CCCC1. The highest BCUT2D eigenvalue weighted by molar-refractivity contribution is 7.93. The maximum atomic E-state index is 13.1. The molecule has 0 aromatic rings. The molecule has 1 saturated carbocycles. The van der Waals surface area contributed by atoms with Gasteiger partial charge >= 0.3 is 0 Å². The van der Waals surface area contributed by atoms with Crippen molar-refractivity contribution in [3.8, 4) is 0 Å². The summed E-state index contributed by atoms with van der Waals surface area (Å²) < 4.78 is 24.1. The van der Waals surface area contributed by atoms with E-state index < -0.39 is 37.9 Å². The number of sulfone groups is 1. The highest BCUT2D eigenvalue weighted by atomic mass is 32.2. The molecule has 4 atom stereocenters. The van der Waals surface area contributed by atoms with Gasteiger partial charge in [0.05, 0.1) is 11.2 Å². The van der Waals surface area contributed by atoms with Crippen LogP contribution in [0.5, 0.6) is 0 Å². The molecule has 3 aliphatic rings. The quantitative estimate of drug-likeness (QED) is 0.623. The Hall–Kier alpha value is -1.64. The molecular formula is C19H31N3O5S. The van der Waals surface area contributed by atoms with E-state index in [2.05, 4.69) is 10.6 Å². The van der Waals surface area contributed by atoms with Crippen molar-refractivity contribution in [3.05, 3.63) is 0 Å². The van der Waals surface area contributed by atoms with E-state index in [1.807, 2.05) is 13.8 Å². The van der Waals surface area contributed by atoms with Crippen molar-refractivity contribution in [2.75, 3.05) is 0 Å². The Balaban J connectivity index is 1.79. The zero-order valence-electron chi connectivity index (χ0n) is 17.0. The maximum absolute atomic E-state index is 13.1. The molecule has 3 amide bonds. The van der Waals surface area contributed by atoms with Gasteiger partial charge in [-0.3, -0.25) is 14.4 Å². The average molecular weight is 414 g/mol. The van der Waals surface area contributed by atoms with Crippen molar-refractivity contribution in [1.82, 2.24) is 15.5 Å². The Morgan fingerprint density at radius 2 is 1.86 bits per heavy atom. The molecule has 2 N–H and O–H groups in total. The van der Waals surface area contributed by atoms with Gasteiger partial charge in [-0.2, -0.15) is 0 Å². The van der Waals surface area contributed by atoms with Crippen LogP contribution in [0.25, 0.3) is 0 Å². The van der Waals surface area contributed by atoms with E-state index in [9.17, 15) is 22.8 Å². The lowest BCUT2D eigenvalue weighted by atomic mass is 9.94. The number of fused-ring (bicyclic) bond motifs is 1. The maximum Gasteiger partial charge on any atom is 0.245 e. The Labute approximate surface area is 166 Å². The number of nitrogens with one attached hydrogen (secondary N) is 2. The number of hydrogen-bond donors (Lipinski definition) is 2. The molecule has 0 radical (unpaired) electrons. The van der Waals surface area contributed by atoms with Crippen LogP contribution < -0.4 is 10.6 Å². The van der Waals surface area contributed by atoms with Crippen molar-refractivity contribution >= 4 is 27.6 Å². The van der Waals surface area contributed by atoms with E-state index in [-0.39, 0.29) is 30.2 Å². The van der Waals surface area contributed by atoms with Crippen LogP contribution in [0.4, 0.5) is 0 Å². The topological polar surface area (TPSA) is 113 Å². The standard InChI is InChI=1S/C19H31N3O5S/c1-5-11(2)15(17(24)20-12-8-6-7-9-12)21-18(25)16-19(3,4)28(26,27)14-10-13(23)22(14)16/h11-12,14-16H,5-10H2,1-4H3,(H,20,24)(H,21,25). The molecule has 8 nitrogen and oxygen atoms in total. The normalized spacial score (nSPS) is 30.3. The Kier molecular flexibility index (Phi) is 5.51. The van der Waals surface area contributed by atoms with Crippen molar-refractivity contribution in [2.24, 2.45) is 5.92 Å². The van der Waals surface area contributed by atoms with Gasteiger partial charge in [-0.25, -0.2) is 8.42 Å². The van der Waals surface area contributed by atoms with Gasteiger partial charge in [-0.05, 0) is 32.6 Å². The van der Waals surface area contributed by atoms with E-state index in [0.717, 1.165) is 25.7 Å². The summed E-state index contributed by atoms with van der Waals surface area (Å²) >= 11 is 0. The summed E-state index contributed by atoms with van der Waals surface area (Å²) in [7, 11) is -3.65. The summed E-state index contributed by atoms with van der Waals surface area (Å²) in [5.74, 6) is -1.26. The number of amides is 3. The predicted molar refractivity (Wildman–Crippen MR) is 104 cm³/mol. The first kappa shape index (κ1) is 21.1. The highest BCUT2D eigenvalue weighted by Gasteiger charge is 2.67. The molecule has 158 valence electrons. The van der Waals surface area contributed by atoms with Gasteiger partial charge in [0, 0.05) is 6.04 Å². The molecule has 2 aliphatic heterocycles. The van der Waals surface area contributed by atoms with Crippen LogP contribution in [0.3, 0.4) is 0 Å². The van der Waals surface area contributed by atoms with Gasteiger partial charge in [0.25, 0.3) is 0 Å². The summed E-state index contributed by atoms with van der Waals surface area (Å²) in [4.78, 5) is 39.2. The van der Waals surface area contributed by atoms with Crippen molar-refractivity contribution in [3.63, 3.8) is 0 Å². The second-order valence-corrected chi connectivity index (χ2v) is 11.6. The van der Waals surface area contributed by atoms with E-state index >= 15 is 0 Å². The largest absolute Gasteiger partial charge is 0.352 e. The summed E-state index contributed by atoms with van der Waals surface area (Å²) in [6.07, 6.45) is 4.64. The van der Waals surface area contributed by atoms with E-state index in [1.54, 1.807) is 0 Å². The lowest BCUT2D eigenvalue weighted by Gasteiger charge is -2.37. The van der Waals surface area contributed by atoms with E-state index in [0.29, 0.717) is 6.42 Å². The fraction of sp³-hybridized carbons (Fsp3) is 0.842. The first-order valence-electron chi connectivity index (χ1n) is 10.2. The highest BCUT2D eigenvalue weighted by Crippen LogP contribution is 2.45. The summed E-state index contributed by atoms with van der Waals surface area (Å²) in [6.45, 7) is 6.78. The predicted octanol–water partition coefficient (Wildman–Crippen LogP) is 0.710. The molecule has 28 heavy (non-hydrogen) atoms. The van der Waals surface area contributed by atoms with Crippen LogP contribution in [-0.2, 0) is 24.2 Å². The van der Waals surface area contributed by atoms with Crippen LogP contribution in [0.2, 0.25) is 0 Å². The third-order valence-electron chi connectivity index (χ3n) is 6.72. The van der Waals surface area contributed by atoms with Crippen LogP contribution in [0.1, 0.15) is 66.2 Å². The van der Waals surface area contributed by atoms with Crippen molar-refractivity contribution < 1.29 is 22.8 Å². The summed E-state index contributed by atoms with van der Waals surface area (Å²) in [5.41, 5.74) is 0. The van der Waals surface area contributed by atoms with Crippen molar-refractivity contribution in [1.29, 1.82) is 0 Å². The lowest BCUT2D eigenvalue weighted by molar-refractivity contribution is -0.150. The molecule has 2 heterocycles. The number of nitrogens with zero attached hydrogens (tertiary/aromatic N) is 1. The third kappa shape index (κ3) is 3.21. The third-order valence-corrected chi connectivity index (χ3v) is 9.52. The molecule has 1 aliphatic carbocycles. The number of carbonyl (C=O) groups excluding carboxylic acids is 3. The Morgan fingerprint density at radius 3 is 2.39 bits per heavy atom. The molecule has 0 bridgehead atoms. The first-order chi connectivity index (χ1) is 13.0. The Bertz CT molecular complexity index is 772. The molecule has 9 heteroatoms.